The summed E-state index contributed by atoms with van der Waals surface area (Å²) in [4.78, 5) is 24.9. The van der Waals surface area contributed by atoms with E-state index in [-0.39, 0.29) is 30.6 Å². The smallest absolute Gasteiger partial charge is 0.279 e. The fourth-order valence-electron chi connectivity index (χ4n) is 2.50. The van der Waals surface area contributed by atoms with Crippen LogP contribution < -0.4 is 20.3 Å². The number of rotatable bonds is 7. The van der Waals surface area contributed by atoms with E-state index in [2.05, 4.69) is 10.6 Å². The maximum Gasteiger partial charge on any atom is 0.279 e. The molecule has 0 fully saturated rings. The Hall–Kier alpha value is -2.64. The van der Waals surface area contributed by atoms with Gasteiger partial charge in [-0.05, 0) is 42.8 Å². The number of halogens is 2. The number of methoxy groups -OCH3 is 1. The molecule has 0 bridgehead atoms. The summed E-state index contributed by atoms with van der Waals surface area (Å²) in [7, 11) is 3.19. The predicted octanol–water partition coefficient (Wildman–Crippen LogP) is 1.89. The molecule has 0 saturated heterocycles. The van der Waals surface area contributed by atoms with Crippen molar-refractivity contribution in [3.8, 4) is 5.75 Å². The van der Waals surface area contributed by atoms with E-state index >= 15 is 0 Å². The first-order valence-corrected chi connectivity index (χ1v) is 8.67. The van der Waals surface area contributed by atoms with Crippen molar-refractivity contribution in [2.75, 3.05) is 37.9 Å². The molecule has 2 aromatic carbocycles. The normalized spacial score (nSPS) is 11.6. The second-order valence-electron chi connectivity index (χ2n) is 6.23. The van der Waals surface area contributed by atoms with Crippen LogP contribution in [0.15, 0.2) is 36.4 Å². The van der Waals surface area contributed by atoms with Crippen LogP contribution in [-0.2, 0) is 9.59 Å². The molecule has 8 heteroatoms. The monoisotopic (exact) mass is 394 g/mol. The van der Waals surface area contributed by atoms with Gasteiger partial charge in [0.2, 0.25) is 0 Å². The molecule has 6 nitrogen and oxygen atoms in total. The molecule has 144 valence electrons. The summed E-state index contributed by atoms with van der Waals surface area (Å²) in [6.07, 6.45) is 0. The highest BCUT2D eigenvalue weighted by Gasteiger charge is 2.17. The molecule has 0 aliphatic rings. The van der Waals surface area contributed by atoms with E-state index in [1.807, 2.05) is 0 Å². The summed E-state index contributed by atoms with van der Waals surface area (Å²) < 4.78 is 19.0. The average molecular weight is 395 g/mol. The molecular formula is C19H22ClFN3O3+. The Morgan fingerprint density at radius 2 is 1.70 bits per heavy atom. The van der Waals surface area contributed by atoms with Gasteiger partial charge in [0, 0.05) is 5.02 Å². The van der Waals surface area contributed by atoms with Gasteiger partial charge in [-0.15, -0.1) is 0 Å². The van der Waals surface area contributed by atoms with Crippen molar-refractivity contribution in [2.24, 2.45) is 0 Å². The third-order valence-corrected chi connectivity index (χ3v) is 3.99. The van der Waals surface area contributed by atoms with E-state index in [4.69, 9.17) is 16.3 Å². The van der Waals surface area contributed by atoms with E-state index in [1.165, 1.54) is 19.2 Å². The molecule has 2 amide bonds. The fraction of sp³-hybridized carbons (Fsp3) is 0.263. The van der Waals surface area contributed by atoms with Crippen LogP contribution in [0.3, 0.4) is 0 Å². The van der Waals surface area contributed by atoms with Gasteiger partial charge in [-0.1, -0.05) is 17.7 Å². The number of nitrogens with one attached hydrogen (secondary N) is 3. The summed E-state index contributed by atoms with van der Waals surface area (Å²) in [6.45, 7) is 1.81. The Morgan fingerprint density at radius 3 is 2.30 bits per heavy atom. The van der Waals surface area contributed by atoms with Crippen LogP contribution in [0.2, 0.25) is 5.02 Å². The molecule has 0 saturated carbocycles. The average Bonchev–Trinajstić information content (AvgIpc) is 2.57. The van der Waals surface area contributed by atoms with Crippen LogP contribution in [0.4, 0.5) is 15.8 Å². The van der Waals surface area contributed by atoms with Gasteiger partial charge in [-0.25, -0.2) is 4.39 Å². The van der Waals surface area contributed by atoms with Crippen molar-refractivity contribution >= 4 is 34.8 Å². The van der Waals surface area contributed by atoms with E-state index in [0.717, 1.165) is 5.56 Å². The Morgan fingerprint density at radius 1 is 1.07 bits per heavy atom. The van der Waals surface area contributed by atoms with Crippen LogP contribution in [0.5, 0.6) is 5.75 Å². The van der Waals surface area contributed by atoms with Crippen LogP contribution in [0.1, 0.15) is 5.56 Å². The summed E-state index contributed by atoms with van der Waals surface area (Å²) in [5.74, 6) is -0.699. The molecule has 0 spiro atoms. The maximum atomic E-state index is 13.8. The second kappa shape index (κ2) is 9.34. The molecule has 1 atom stereocenters. The molecule has 1 unspecified atom stereocenters. The van der Waals surface area contributed by atoms with Gasteiger partial charge in [0.05, 0.1) is 25.5 Å². The molecule has 0 aromatic heterocycles. The number of likely N-dealkylation sites (N-methyl/N-ethyl adjacent to an activating group) is 1. The van der Waals surface area contributed by atoms with E-state index in [0.29, 0.717) is 21.4 Å². The summed E-state index contributed by atoms with van der Waals surface area (Å²) in [6, 6.07) is 9.45. The number of quaternary nitrogens is 1. The lowest BCUT2D eigenvalue weighted by Gasteiger charge is -2.15. The van der Waals surface area contributed by atoms with Gasteiger partial charge in [0.15, 0.2) is 13.1 Å². The van der Waals surface area contributed by atoms with Crippen molar-refractivity contribution < 1.29 is 23.6 Å². The first kappa shape index (κ1) is 20.7. The van der Waals surface area contributed by atoms with Crippen LogP contribution >= 0.6 is 11.6 Å². The van der Waals surface area contributed by atoms with E-state index < -0.39 is 5.82 Å². The summed E-state index contributed by atoms with van der Waals surface area (Å²) in [5.41, 5.74) is 1.34. The highest BCUT2D eigenvalue weighted by molar-refractivity contribution is 6.31. The standard InChI is InChI=1S/C19H21ClFN3O3/c1-12-4-6-15(14(21)8-12)22-18(25)10-24(2)11-19(26)23-16-9-13(20)5-7-17(16)27-3/h4-9H,10-11H2,1-3H3,(H,22,25)(H,23,26)/p+1. The van der Waals surface area contributed by atoms with Crippen LogP contribution in [0, 0.1) is 12.7 Å². The highest BCUT2D eigenvalue weighted by atomic mass is 35.5. The Balaban J connectivity index is 1.89. The van der Waals surface area contributed by atoms with E-state index in [9.17, 15) is 14.0 Å². The minimum absolute atomic E-state index is 0.00736. The lowest BCUT2D eigenvalue weighted by Crippen LogP contribution is -3.11. The maximum absolute atomic E-state index is 13.8. The largest absolute Gasteiger partial charge is 0.495 e. The number of carbonyl (C=O) groups is 2. The molecule has 0 heterocycles. The van der Waals surface area contributed by atoms with Gasteiger partial charge in [-0.3, -0.25) is 9.59 Å². The SMILES string of the molecule is COc1ccc(Cl)cc1NC(=O)C[NH+](C)CC(=O)Nc1ccc(C)cc1F. The molecule has 27 heavy (non-hydrogen) atoms. The lowest BCUT2D eigenvalue weighted by molar-refractivity contribution is -0.862. The van der Waals surface area contributed by atoms with Crippen molar-refractivity contribution in [2.45, 2.75) is 6.92 Å². The Kier molecular flexibility index (Phi) is 7.15. The molecule has 0 aliphatic heterocycles. The highest BCUT2D eigenvalue weighted by Crippen LogP contribution is 2.27. The third-order valence-electron chi connectivity index (χ3n) is 3.76. The first-order chi connectivity index (χ1) is 12.8. The topological polar surface area (TPSA) is 71.9 Å². The third kappa shape index (κ3) is 6.23. The van der Waals surface area contributed by atoms with Crippen LogP contribution in [-0.4, -0.2) is 39.1 Å². The number of hydrogen-bond acceptors (Lipinski definition) is 3. The minimum atomic E-state index is -0.494. The first-order valence-electron chi connectivity index (χ1n) is 8.29. The molecule has 3 N–H and O–H groups in total. The lowest BCUT2D eigenvalue weighted by atomic mass is 10.2. The Labute approximate surface area is 162 Å². The zero-order valence-corrected chi connectivity index (χ0v) is 16.1. The van der Waals surface area contributed by atoms with Crippen LogP contribution in [0.25, 0.3) is 0 Å². The Bertz CT molecular complexity index is 845. The van der Waals surface area contributed by atoms with Crippen molar-refractivity contribution in [1.82, 2.24) is 0 Å². The zero-order valence-electron chi connectivity index (χ0n) is 15.4. The van der Waals surface area contributed by atoms with Gasteiger partial charge in [-0.2, -0.15) is 0 Å². The number of carbonyl (C=O) groups excluding carboxylic acids is 2. The summed E-state index contributed by atoms with van der Waals surface area (Å²) in [5, 5.41) is 5.69. The number of aryl methyl sites for hydroxylation is 1. The van der Waals surface area contributed by atoms with Gasteiger partial charge in [0.1, 0.15) is 11.6 Å². The quantitative estimate of drug-likeness (QED) is 0.671. The number of hydrogen-bond donors (Lipinski definition) is 3. The number of anilines is 2. The molecule has 2 aromatic rings. The van der Waals surface area contributed by atoms with E-state index in [1.54, 1.807) is 38.2 Å². The number of ether oxygens (including phenoxy) is 1. The van der Waals surface area contributed by atoms with Gasteiger partial charge >= 0.3 is 0 Å². The predicted molar refractivity (Wildman–Crippen MR) is 103 cm³/mol. The number of amides is 2. The zero-order chi connectivity index (χ0) is 20.0. The van der Waals surface area contributed by atoms with Crippen molar-refractivity contribution in [1.29, 1.82) is 0 Å². The molecular weight excluding hydrogens is 373 g/mol. The number of benzene rings is 2. The fourth-order valence-corrected chi connectivity index (χ4v) is 2.67. The minimum Gasteiger partial charge on any atom is -0.495 e. The van der Waals surface area contributed by atoms with Gasteiger partial charge < -0.3 is 20.3 Å². The summed E-state index contributed by atoms with van der Waals surface area (Å²) >= 11 is 5.94. The molecule has 2 rings (SSSR count). The molecule has 0 aliphatic carbocycles. The van der Waals surface area contributed by atoms with Crippen molar-refractivity contribution in [3.63, 3.8) is 0 Å². The van der Waals surface area contributed by atoms with Crippen molar-refractivity contribution in [3.05, 3.63) is 52.8 Å². The van der Waals surface area contributed by atoms with Gasteiger partial charge in [0.25, 0.3) is 11.8 Å². The molecule has 0 radical (unpaired) electrons. The second-order valence-corrected chi connectivity index (χ2v) is 6.67.